The van der Waals surface area contributed by atoms with E-state index >= 15 is 0 Å². The molecule has 19 heavy (non-hydrogen) atoms. The van der Waals surface area contributed by atoms with E-state index in [-0.39, 0.29) is 12.4 Å². The third-order valence-electron chi connectivity index (χ3n) is 4.03. The summed E-state index contributed by atoms with van der Waals surface area (Å²) < 4.78 is 5.31. The van der Waals surface area contributed by atoms with Crippen molar-refractivity contribution in [2.45, 2.75) is 19.3 Å². The molecule has 0 amide bonds. The standard InChI is InChI=1S/C15H20N2O.ClH/c1-18-13-4-5-15-14(10-13)12(11-16-15)6-9-17-7-2-3-8-17;/h4-5,10-11,16H,2-3,6-9H2,1H3;1H. The van der Waals surface area contributed by atoms with E-state index in [1.807, 2.05) is 6.07 Å². The number of benzene rings is 1. The van der Waals surface area contributed by atoms with Crippen molar-refractivity contribution in [3.05, 3.63) is 30.0 Å². The Balaban J connectivity index is 0.00000133. The maximum atomic E-state index is 5.31. The summed E-state index contributed by atoms with van der Waals surface area (Å²) in [6, 6.07) is 6.25. The first-order valence-electron chi connectivity index (χ1n) is 6.84. The third-order valence-corrected chi connectivity index (χ3v) is 4.03. The predicted molar refractivity (Wildman–Crippen MR) is 73.4 cm³/mol. The molecule has 2 heterocycles. The Morgan fingerprint density at radius 1 is 1.26 bits per heavy atom. The molecule has 1 aromatic heterocycles. The van der Waals surface area contributed by atoms with Gasteiger partial charge < -0.3 is 27.0 Å². The minimum Gasteiger partial charge on any atom is -1.00 e. The normalized spacial score (nSPS) is 15.6. The van der Waals surface area contributed by atoms with Gasteiger partial charge in [0, 0.05) is 36.4 Å². The molecule has 4 heteroatoms. The zero-order valence-electron chi connectivity index (χ0n) is 11.3. The summed E-state index contributed by atoms with van der Waals surface area (Å²) in [4.78, 5) is 5.11. The highest BCUT2D eigenvalue weighted by molar-refractivity contribution is 5.84. The number of aromatic nitrogens is 1. The van der Waals surface area contributed by atoms with Gasteiger partial charge in [-0.3, -0.25) is 0 Å². The Hall–Kier alpha value is -1.19. The van der Waals surface area contributed by atoms with Gasteiger partial charge >= 0.3 is 0 Å². The smallest absolute Gasteiger partial charge is 0.119 e. The van der Waals surface area contributed by atoms with Gasteiger partial charge in [0.25, 0.3) is 0 Å². The summed E-state index contributed by atoms with van der Waals surface area (Å²) >= 11 is 0. The summed E-state index contributed by atoms with van der Waals surface area (Å²) in [7, 11) is 1.72. The van der Waals surface area contributed by atoms with Crippen molar-refractivity contribution >= 4 is 10.9 Å². The molecule has 0 bridgehead atoms. The van der Waals surface area contributed by atoms with Gasteiger partial charge in [-0.15, -0.1) is 0 Å². The van der Waals surface area contributed by atoms with Crippen LogP contribution in [0.3, 0.4) is 0 Å². The number of fused-ring (bicyclic) bond motifs is 1. The van der Waals surface area contributed by atoms with E-state index in [1.54, 1.807) is 12.0 Å². The van der Waals surface area contributed by atoms with Crippen LogP contribution in [0, 0.1) is 0 Å². The second-order valence-electron chi connectivity index (χ2n) is 5.18. The molecule has 0 spiro atoms. The van der Waals surface area contributed by atoms with Gasteiger partial charge in [0.1, 0.15) is 5.75 Å². The van der Waals surface area contributed by atoms with Crippen molar-refractivity contribution in [3.8, 4) is 5.75 Å². The highest BCUT2D eigenvalue weighted by atomic mass is 35.5. The molecular weight excluding hydrogens is 260 g/mol. The Morgan fingerprint density at radius 2 is 2.05 bits per heavy atom. The maximum Gasteiger partial charge on any atom is 0.119 e. The molecule has 0 saturated carbocycles. The molecule has 0 atom stereocenters. The van der Waals surface area contributed by atoms with Crippen LogP contribution in [0.4, 0.5) is 0 Å². The van der Waals surface area contributed by atoms with Crippen molar-refractivity contribution in [1.82, 2.24) is 4.98 Å². The molecule has 2 aromatic rings. The van der Waals surface area contributed by atoms with Gasteiger partial charge in [-0.05, 0) is 23.8 Å². The van der Waals surface area contributed by atoms with Crippen molar-refractivity contribution in [3.63, 3.8) is 0 Å². The minimum atomic E-state index is 0. The van der Waals surface area contributed by atoms with Crippen LogP contribution in [0.15, 0.2) is 24.4 Å². The van der Waals surface area contributed by atoms with Crippen molar-refractivity contribution in [1.29, 1.82) is 0 Å². The van der Waals surface area contributed by atoms with Crippen LogP contribution < -0.4 is 22.0 Å². The molecule has 3 nitrogen and oxygen atoms in total. The molecule has 1 fully saturated rings. The molecule has 104 valence electrons. The fraction of sp³-hybridized carbons (Fsp3) is 0.467. The second kappa shape index (κ2) is 6.31. The number of methoxy groups -OCH3 is 1. The van der Waals surface area contributed by atoms with E-state index in [9.17, 15) is 0 Å². The van der Waals surface area contributed by atoms with E-state index in [2.05, 4.69) is 23.3 Å². The van der Waals surface area contributed by atoms with Gasteiger partial charge in [0.2, 0.25) is 0 Å². The second-order valence-corrected chi connectivity index (χ2v) is 5.18. The number of likely N-dealkylation sites (tertiary alicyclic amines) is 1. The quantitative estimate of drug-likeness (QED) is 0.694. The van der Waals surface area contributed by atoms with E-state index < -0.39 is 0 Å². The van der Waals surface area contributed by atoms with Crippen LogP contribution in [-0.2, 0) is 6.42 Å². The zero-order valence-corrected chi connectivity index (χ0v) is 12.1. The van der Waals surface area contributed by atoms with Gasteiger partial charge in [0.15, 0.2) is 0 Å². The van der Waals surface area contributed by atoms with Crippen LogP contribution in [0.1, 0.15) is 18.4 Å². The molecule has 3 rings (SSSR count). The number of H-pyrrole nitrogens is 1. The Morgan fingerprint density at radius 3 is 2.79 bits per heavy atom. The maximum absolute atomic E-state index is 5.31. The molecule has 1 saturated heterocycles. The summed E-state index contributed by atoms with van der Waals surface area (Å²) in [6.45, 7) is 3.96. The monoisotopic (exact) mass is 280 g/mol. The fourth-order valence-electron chi connectivity index (χ4n) is 2.93. The van der Waals surface area contributed by atoms with Crippen LogP contribution >= 0.6 is 0 Å². The molecule has 2 N–H and O–H groups in total. The summed E-state index contributed by atoms with van der Waals surface area (Å²) in [5.74, 6) is 0.942. The third kappa shape index (κ3) is 3.04. The highest BCUT2D eigenvalue weighted by Crippen LogP contribution is 2.23. The lowest BCUT2D eigenvalue weighted by atomic mass is 10.1. The molecule has 1 aliphatic heterocycles. The Kier molecular flexibility index (Phi) is 4.72. The predicted octanol–water partition coefficient (Wildman–Crippen LogP) is -1.60. The Bertz CT molecular complexity index is 532. The van der Waals surface area contributed by atoms with Crippen LogP contribution in [-0.4, -0.2) is 31.7 Å². The van der Waals surface area contributed by atoms with Crippen molar-refractivity contribution in [2.24, 2.45) is 0 Å². The van der Waals surface area contributed by atoms with Gasteiger partial charge in [-0.1, -0.05) is 0 Å². The van der Waals surface area contributed by atoms with E-state index in [1.165, 1.54) is 48.9 Å². The minimum absolute atomic E-state index is 0. The first-order chi connectivity index (χ1) is 8.86. The molecule has 1 aromatic carbocycles. The van der Waals surface area contributed by atoms with Crippen LogP contribution in [0.25, 0.3) is 10.9 Å². The summed E-state index contributed by atoms with van der Waals surface area (Å²) in [6.07, 6.45) is 6.11. The molecule has 0 aliphatic carbocycles. The van der Waals surface area contributed by atoms with E-state index in [0.29, 0.717) is 0 Å². The number of aromatic amines is 1. The van der Waals surface area contributed by atoms with Crippen LogP contribution in [0.5, 0.6) is 5.75 Å². The average Bonchev–Trinajstić information content (AvgIpc) is 3.05. The first kappa shape index (κ1) is 14.2. The lowest BCUT2D eigenvalue weighted by Crippen LogP contribution is -3.10. The molecular formula is C15H21ClN2O. The van der Waals surface area contributed by atoms with E-state index in [4.69, 9.17) is 4.74 Å². The number of halogens is 1. The molecule has 0 unspecified atom stereocenters. The van der Waals surface area contributed by atoms with Gasteiger partial charge in [0.05, 0.1) is 26.7 Å². The molecule has 0 radical (unpaired) electrons. The fourth-order valence-corrected chi connectivity index (χ4v) is 2.93. The Labute approximate surface area is 120 Å². The largest absolute Gasteiger partial charge is 1.00 e. The first-order valence-corrected chi connectivity index (χ1v) is 6.84. The number of hydrogen-bond donors (Lipinski definition) is 2. The lowest BCUT2D eigenvalue weighted by molar-refractivity contribution is -0.887. The number of nitrogens with one attached hydrogen (secondary N) is 2. The molecule has 1 aliphatic rings. The van der Waals surface area contributed by atoms with Gasteiger partial charge in [-0.25, -0.2) is 0 Å². The van der Waals surface area contributed by atoms with Gasteiger partial charge in [-0.2, -0.15) is 0 Å². The van der Waals surface area contributed by atoms with Crippen LogP contribution in [0.2, 0.25) is 0 Å². The van der Waals surface area contributed by atoms with E-state index in [0.717, 1.165) is 12.2 Å². The number of quaternary nitrogens is 1. The van der Waals surface area contributed by atoms with Crippen molar-refractivity contribution in [2.75, 3.05) is 26.7 Å². The lowest BCUT2D eigenvalue weighted by Gasteiger charge is -2.11. The SMILES string of the molecule is COc1ccc2[nH]cc(CC[NH+]3CCCC3)c2c1.[Cl-]. The zero-order chi connectivity index (χ0) is 12.4. The summed E-state index contributed by atoms with van der Waals surface area (Å²) in [5.41, 5.74) is 2.63. The number of hydrogen-bond acceptors (Lipinski definition) is 1. The average molecular weight is 281 g/mol. The highest BCUT2D eigenvalue weighted by Gasteiger charge is 2.15. The summed E-state index contributed by atoms with van der Waals surface area (Å²) in [5, 5.41) is 1.31. The number of rotatable bonds is 4. The number of ether oxygens (including phenoxy) is 1. The van der Waals surface area contributed by atoms with Crippen molar-refractivity contribution < 1.29 is 22.0 Å². The topological polar surface area (TPSA) is 29.5 Å².